The fraction of sp³-hybridized carbons (Fsp3) is 0.417. The van der Waals surface area contributed by atoms with Crippen molar-refractivity contribution in [3.63, 3.8) is 0 Å². The van der Waals surface area contributed by atoms with Gasteiger partial charge in [-0.2, -0.15) is 0 Å². The molecule has 1 aliphatic rings. The summed E-state index contributed by atoms with van der Waals surface area (Å²) in [6.07, 6.45) is 2.43. The summed E-state index contributed by atoms with van der Waals surface area (Å²) in [5.41, 5.74) is 4.59. The predicted octanol–water partition coefficient (Wildman–Crippen LogP) is 5.11. The summed E-state index contributed by atoms with van der Waals surface area (Å²) in [7, 11) is 0. The molecule has 3 rings (SSSR count). The average Bonchev–Trinajstić information content (AvgIpc) is 3.23. The third-order valence-electron chi connectivity index (χ3n) is 5.41. The number of amides is 2. The lowest BCUT2D eigenvalue weighted by molar-refractivity contribution is -0.133. The van der Waals surface area contributed by atoms with Crippen LogP contribution in [0.25, 0.3) is 0 Å². The van der Waals surface area contributed by atoms with Crippen molar-refractivity contribution in [1.29, 1.82) is 0 Å². The normalized spacial score (nSPS) is 13.8. The van der Waals surface area contributed by atoms with Crippen molar-refractivity contribution in [2.24, 2.45) is 0 Å². The summed E-state index contributed by atoms with van der Waals surface area (Å²) in [6.45, 7) is 10.5. The number of benzene rings is 2. The van der Waals surface area contributed by atoms with Crippen LogP contribution in [0.1, 0.15) is 63.5 Å². The van der Waals surface area contributed by atoms with Crippen molar-refractivity contribution in [3.05, 3.63) is 53.6 Å². The topological polar surface area (TPSA) is 61.4 Å². The zero-order chi connectivity index (χ0) is 21.0. The van der Waals surface area contributed by atoms with Crippen LogP contribution in [0, 0.1) is 0 Å². The maximum Gasteiger partial charge on any atom is 0.314 e. The number of anilines is 3. The Morgan fingerprint density at radius 1 is 0.793 bits per heavy atom. The SMILES string of the molecule is CC(C)c1cccc(C(C)C)c1NC(=O)C(=O)Nc1ccc(N2CCCC2)cc1. The Bertz CT molecular complexity index is 840. The molecule has 1 fully saturated rings. The molecule has 0 unspecified atom stereocenters. The van der Waals surface area contributed by atoms with Crippen LogP contribution in [0.2, 0.25) is 0 Å². The maximum atomic E-state index is 12.6. The Morgan fingerprint density at radius 3 is 1.83 bits per heavy atom. The van der Waals surface area contributed by atoms with E-state index < -0.39 is 11.8 Å². The molecule has 0 aliphatic carbocycles. The van der Waals surface area contributed by atoms with E-state index in [1.165, 1.54) is 12.8 Å². The predicted molar refractivity (Wildman–Crippen MR) is 120 cm³/mol. The number of hydrogen-bond donors (Lipinski definition) is 2. The van der Waals surface area contributed by atoms with Crippen molar-refractivity contribution in [1.82, 2.24) is 0 Å². The largest absolute Gasteiger partial charge is 0.372 e. The number of nitrogens with zero attached hydrogens (tertiary/aromatic N) is 1. The molecule has 1 heterocycles. The van der Waals surface area contributed by atoms with Gasteiger partial charge in [-0.25, -0.2) is 0 Å². The molecule has 0 saturated carbocycles. The third-order valence-corrected chi connectivity index (χ3v) is 5.41. The molecule has 0 bridgehead atoms. The monoisotopic (exact) mass is 393 g/mol. The van der Waals surface area contributed by atoms with Crippen LogP contribution >= 0.6 is 0 Å². The summed E-state index contributed by atoms with van der Waals surface area (Å²) in [4.78, 5) is 27.4. The van der Waals surface area contributed by atoms with Crippen molar-refractivity contribution >= 4 is 28.9 Å². The van der Waals surface area contributed by atoms with Crippen LogP contribution in [-0.2, 0) is 9.59 Å². The van der Waals surface area contributed by atoms with Gasteiger partial charge in [-0.05, 0) is 60.1 Å². The summed E-state index contributed by atoms with van der Waals surface area (Å²) in [5.74, 6) is -0.828. The highest BCUT2D eigenvalue weighted by Crippen LogP contribution is 2.32. The van der Waals surface area contributed by atoms with E-state index in [-0.39, 0.29) is 11.8 Å². The van der Waals surface area contributed by atoms with E-state index in [1.807, 2.05) is 42.5 Å². The highest BCUT2D eigenvalue weighted by Gasteiger charge is 2.20. The second-order valence-electron chi connectivity index (χ2n) is 8.27. The van der Waals surface area contributed by atoms with Crippen molar-refractivity contribution in [2.75, 3.05) is 28.6 Å². The van der Waals surface area contributed by atoms with E-state index in [1.54, 1.807) is 0 Å². The van der Waals surface area contributed by atoms with E-state index in [4.69, 9.17) is 0 Å². The van der Waals surface area contributed by atoms with Gasteiger partial charge in [-0.15, -0.1) is 0 Å². The van der Waals surface area contributed by atoms with Gasteiger partial charge < -0.3 is 15.5 Å². The van der Waals surface area contributed by atoms with Gasteiger partial charge in [0.05, 0.1) is 0 Å². The number of hydrogen-bond acceptors (Lipinski definition) is 3. The quantitative estimate of drug-likeness (QED) is 0.694. The first-order valence-corrected chi connectivity index (χ1v) is 10.5. The fourth-order valence-corrected chi connectivity index (χ4v) is 3.78. The molecule has 2 N–H and O–H groups in total. The Morgan fingerprint density at radius 2 is 1.31 bits per heavy atom. The zero-order valence-electron chi connectivity index (χ0n) is 17.8. The lowest BCUT2D eigenvalue weighted by Crippen LogP contribution is -2.30. The number of carbonyl (C=O) groups excluding carboxylic acids is 2. The van der Waals surface area contributed by atoms with Gasteiger partial charge in [-0.1, -0.05) is 45.9 Å². The number of para-hydroxylation sites is 1. The van der Waals surface area contributed by atoms with E-state index in [9.17, 15) is 9.59 Å². The number of nitrogens with one attached hydrogen (secondary N) is 2. The Hall–Kier alpha value is -2.82. The first-order chi connectivity index (χ1) is 13.9. The number of carbonyl (C=O) groups is 2. The molecule has 2 amide bonds. The Labute approximate surface area is 173 Å². The first-order valence-electron chi connectivity index (χ1n) is 10.5. The summed E-state index contributed by atoms with van der Waals surface area (Å²) >= 11 is 0. The zero-order valence-corrected chi connectivity index (χ0v) is 17.8. The van der Waals surface area contributed by atoms with Gasteiger partial charge in [0.2, 0.25) is 0 Å². The van der Waals surface area contributed by atoms with Crippen molar-refractivity contribution in [2.45, 2.75) is 52.4 Å². The summed E-state index contributed by atoms with van der Waals surface area (Å²) in [6, 6.07) is 13.7. The summed E-state index contributed by atoms with van der Waals surface area (Å²) in [5, 5.41) is 5.57. The molecule has 1 saturated heterocycles. The van der Waals surface area contributed by atoms with E-state index in [0.717, 1.165) is 35.6 Å². The molecule has 2 aromatic carbocycles. The van der Waals surface area contributed by atoms with Gasteiger partial charge in [0.25, 0.3) is 0 Å². The minimum absolute atomic E-state index is 0.241. The second-order valence-corrected chi connectivity index (χ2v) is 8.27. The molecular weight excluding hydrogens is 362 g/mol. The minimum atomic E-state index is -0.660. The van der Waals surface area contributed by atoms with Gasteiger partial charge >= 0.3 is 11.8 Å². The molecular formula is C24H31N3O2. The highest BCUT2D eigenvalue weighted by atomic mass is 16.2. The molecule has 0 radical (unpaired) electrons. The van der Waals surface area contributed by atoms with E-state index in [2.05, 4.69) is 43.2 Å². The molecule has 1 aliphatic heterocycles. The maximum absolute atomic E-state index is 12.6. The molecule has 29 heavy (non-hydrogen) atoms. The lowest BCUT2D eigenvalue weighted by atomic mass is 9.92. The van der Waals surface area contributed by atoms with E-state index in [0.29, 0.717) is 5.69 Å². The smallest absolute Gasteiger partial charge is 0.314 e. The molecule has 0 aromatic heterocycles. The standard InChI is InChI=1S/C24H31N3O2/c1-16(2)20-8-7-9-21(17(3)4)22(20)26-24(29)23(28)25-18-10-12-19(13-11-18)27-14-5-6-15-27/h7-13,16-17H,5-6,14-15H2,1-4H3,(H,25,28)(H,26,29). The molecule has 154 valence electrons. The van der Waals surface area contributed by atoms with Gasteiger partial charge in [-0.3, -0.25) is 9.59 Å². The Kier molecular flexibility index (Phi) is 6.57. The van der Waals surface area contributed by atoms with Gasteiger partial charge in [0, 0.05) is 30.2 Å². The third kappa shape index (κ3) is 4.97. The highest BCUT2D eigenvalue weighted by molar-refractivity contribution is 6.43. The molecule has 5 heteroatoms. The van der Waals surface area contributed by atoms with Crippen LogP contribution in [0.15, 0.2) is 42.5 Å². The van der Waals surface area contributed by atoms with Crippen molar-refractivity contribution < 1.29 is 9.59 Å². The van der Waals surface area contributed by atoms with Crippen LogP contribution in [-0.4, -0.2) is 24.9 Å². The molecule has 0 atom stereocenters. The lowest BCUT2D eigenvalue weighted by Gasteiger charge is -2.20. The van der Waals surface area contributed by atoms with Crippen LogP contribution in [0.5, 0.6) is 0 Å². The summed E-state index contributed by atoms with van der Waals surface area (Å²) < 4.78 is 0. The van der Waals surface area contributed by atoms with Crippen LogP contribution in [0.4, 0.5) is 17.1 Å². The average molecular weight is 394 g/mol. The van der Waals surface area contributed by atoms with E-state index >= 15 is 0 Å². The van der Waals surface area contributed by atoms with Crippen molar-refractivity contribution in [3.8, 4) is 0 Å². The molecule has 0 spiro atoms. The minimum Gasteiger partial charge on any atom is -0.372 e. The van der Waals surface area contributed by atoms with Crippen LogP contribution in [0.3, 0.4) is 0 Å². The first kappa shape index (κ1) is 20.9. The van der Waals surface area contributed by atoms with Gasteiger partial charge in [0.15, 0.2) is 0 Å². The molecule has 5 nitrogen and oxygen atoms in total. The Balaban J connectivity index is 1.70. The number of rotatable bonds is 5. The molecule has 2 aromatic rings. The second kappa shape index (κ2) is 9.12. The fourth-order valence-electron chi connectivity index (χ4n) is 3.78. The van der Waals surface area contributed by atoms with Gasteiger partial charge in [0.1, 0.15) is 0 Å². The van der Waals surface area contributed by atoms with Crippen LogP contribution < -0.4 is 15.5 Å².